The van der Waals surface area contributed by atoms with E-state index in [9.17, 15) is 13.2 Å². The summed E-state index contributed by atoms with van der Waals surface area (Å²) in [4.78, 5) is 0. The minimum absolute atomic E-state index is 0.536. The molecule has 0 saturated heterocycles. The summed E-state index contributed by atoms with van der Waals surface area (Å²) in [6.45, 7) is 0.589. The van der Waals surface area contributed by atoms with Crippen molar-refractivity contribution in [2.75, 3.05) is 6.61 Å². The topological polar surface area (TPSA) is 9.23 Å². The van der Waals surface area contributed by atoms with Crippen LogP contribution in [0, 0.1) is 0 Å². The van der Waals surface area contributed by atoms with E-state index in [0.717, 1.165) is 29.7 Å². The number of hydrogen-bond donors (Lipinski definition) is 0. The third kappa shape index (κ3) is 2.18. The molecule has 4 heteroatoms. The molecule has 2 aromatic carbocycles. The summed E-state index contributed by atoms with van der Waals surface area (Å²) < 4.78 is 43.7. The highest BCUT2D eigenvalue weighted by Crippen LogP contribution is 2.38. The van der Waals surface area contributed by atoms with Gasteiger partial charge in [0.1, 0.15) is 5.75 Å². The van der Waals surface area contributed by atoms with Crippen LogP contribution in [0.15, 0.2) is 42.5 Å². The van der Waals surface area contributed by atoms with Gasteiger partial charge < -0.3 is 4.74 Å². The lowest BCUT2D eigenvalue weighted by Gasteiger charge is -2.11. The Balaban J connectivity index is 2.11. The molecule has 0 N–H and O–H groups in total. The van der Waals surface area contributed by atoms with E-state index in [1.165, 1.54) is 6.07 Å². The molecule has 98 valence electrons. The zero-order valence-electron chi connectivity index (χ0n) is 10.00. The average Bonchev–Trinajstić information content (AvgIpc) is 2.86. The van der Waals surface area contributed by atoms with Gasteiger partial charge in [-0.1, -0.05) is 30.3 Å². The second kappa shape index (κ2) is 4.30. The first-order valence-corrected chi connectivity index (χ1v) is 5.98. The van der Waals surface area contributed by atoms with Gasteiger partial charge in [0.25, 0.3) is 0 Å². The quantitative estimate of drug-likeness (QED) is 0.745. The molecule has 2 aromatic rings. The molecule has 1 aliphatic rings. The van der Waals surface area contributed by atoms with E-state index in [2.05, 4.69) is 0 Å². The van der Waals surface area contributed by atoms with E-state index in [1.807, 2.05) is 12.1 Å². The van der Waals surface area contributed by atoms with Crippen LogP contribution in [0.25, 0.3) is 11.1 Å². The lowest BCUT2D eigenvalue weighted by atomic mass is 9.99. The maximum absolute atomic E-state index is 12.7. The van der Waals surface area contributed by atoms with Crippen molar-refractivity contribution in [3.8, 4) is 16.9 Å². The van der Waals surface area contributed by atoms with Crippen LogP contribution < -0.4 is 4.74 Å². The van der Waals surface area contributed by atoms with Crippen molar-refractivity contribution in [2.45, 2.75) is 12.6 Å². The summed E-state index contributed by atoms with van der Waals surface area (Å²) in [5.74, 6) is 0.710. The van der Waals surface area contributed by atoms with Crippen LogP contribution in [0.5, 0.6) is 5.75 Å². The Labute approximate surface area is 108 Å². The monoisotopic (exact) mass is 264 g/mol. The molecule has 0 aliphatic carbocycles. The molecule has 0 aromatic heterocycles. The summed E-state index contributed by atoms with van der Waals surface area (Å²) in [5, 5.41) is 0. The third-order valence-electron chi connectivity index (χ3n) is 3.22. The molecule has 3 rings (SSSR count). The SMILES string of the molecule is FC(F)(F)c1cccc(-c2cccc3c2OCC3)c1. The molecule has 0 spiro atoms. The van der Waals surface area contributed by atoms with E-state index in [0.29, 0.717) is 17.9 Å². The fourth-order valence-corrected chi connectivity index (χ4v) is 2.31. The molecule has 0 amide bonds. The number of para-hydroxylation sites is 1. The van der Waals surface area contributed by atoms with E-state index in [1.54, 1.807) is 12.1 Å². The molecule has 1 aliphatic heterocycles. The highest BCUT2D eigenvalue weighted by atomic mass is 19.4. The predicted octanol–water partition coefficient (Wildman–Crippen LogP) is 4.31. The molecule has 1 heterocycles. The van der Waals surface area contributed by atoms with Crippen molar-refractivity contribution in [3.05, 3.63) is 53.6 Å². The average molecular weight is 264 g/mol. The lowest BCUT2D eigenvalue weighted by molar-refractivity contribution is -0.137. The fourth-order valence-electron chi connectivity index (χ4n) is 2.31. The summed E-state index contributed by atoms with van der Waals surface area (Å²) >= 11 is 0. The van der Waals surface area contributed by atoms with Crippen LogP contribution >= 0.6 is 0 Å². The Morgan fingerprint density at radius 1 is 1.00 bits per heavy atom. The normalized spacial score (nSPS) is 14.1. The summed E-state index contributed by atoms with van der Waals surface area (Å²) in [7, 11) is 0. The molecule has 19 heavy (non-hydrogen) atoms. The maximum atomic E-state index is 12.7. The van der Waals surface area contributed by atoms with E-state index < -0.39 is 11.7 Å². The Kier molecular flexibility index (Phi) is 2.73. The van der Waals surface area contributed by atoms with Gasteiger partial charge in [-0.15, -0.1) is 0 Å². The van der Waals surface area contributed by atoms with Crippen LogP contribution in [-0.4, -0.2) is 6.61 Å². The smallest absolute Gasteiger partial charge is 0.416 e. The Hall–Kier alpha value is -1.97. The van der Waals surface area contributed by atoms with Gasteiger partial charge in [0.05, 0.1) is 12.2 Å². The fraction of sp³-hybridized carbons (Fsp3) is 0.200. The first kappa shape index (κ1) is 12.1. The maximum Gasteiger partial charge on any atom is 0.416 e. The molecule has 0 fully saturated rings. The van der Waals surface area contributed by atoms with Crippen molar-refractivity contribution in [2.24, 2.45) is 0 Å². The highest BCUT2D eigenvalue weighted by Gasteiger charge is 2.30. The van der Waals surface area contributed by atoms with E-state index in [-0.39, 0.29) is 0 Å². The van der Waals surface area contributed by atoms with Gasteiger partial charge in [0.2, 0.25) is 0 Å². The minimum atomic E-state index is -4.32. The van der Waals surface area contributed by atoms with Crippen molar-refractivity contribution < 1.29 is 17.9 Å². The van der Waals surface area contributed by atoms with E-state index in [4.69, 9.17) is 4.74 Å². The number of hydrogen-bond acceptors (Lipinski definition) is 1. The van der Waals surface area contributed by atoms with Crippen LogP contribution in [0.1, 0.15) is 11.1 Å². The summed E-state index contributed by atoms with van der Waals surface area (Å²) in [5.41, 5.74) is 1.67. The zero-order chi connectivity index (χ0) is 13.5. The molecule has 0 bridgehead atoms. The largest absolute Gasteiger partial charge is 0.492 e. The Morgan fingerprint density at radius 3 is 2.58 bits per heavy atom. The van der Waals surface area contributed by atoms with Gasteiger partial charge in [-0.25, -0.2) is 0 Å². The van der Waals surface area contributed by atoms with Gasteiger partial charge in [-0.3, -0.25) is 0 Å². The second-order valence-corrected chi connectivity index (χ2v) is 4.47. The Morgan fingerprint density at radius 2 is 1.79 bits per heavy atom. The first-order valence-electron chi connectivity index (χ1n) is 5.98. The molecule has 0 saturated carbocycles. The van der Waals surface area contributed by atoms with Gasteiger partial charge in [-0.2, -0.15) is 13.2 Å². The molecular formula is C15H11F3O. The minimum Gasteiger partial charge on any atom is -0.492 e. The number of alkyl halides is 3. The number of benzene rings is 2. The van der Waals surface area contributed by atoms with Crippen LogP contribution in [0.3, 0.4) is 0 Å². The predicted molar refractivity (Wildman–Crippen MR) is 66.1 cm³/mol. The summed E-state index contributed by atoms with van der Waals surface area (Å²) in [6.07, 6.45) is -3.52. The van der Waals surface area contributed by atoms with Gasteiger partial charge in [0.15, 0.2) is 0 Å². The van der Waals surface area contributed by atoms with Crippen LogP contribution in [-0.2, 0) is 12.6 Å². The third-order valence-corrected chi connectivity index (χ3v) is 3.22. The van der Waals surface area contributed by atoms with Crippen molar-refractivity contribution in [1.29, 1.82) is 0 Å². The standard InChI is InChI=1S/C15H11F3O/c16-15(17,18)12-5-1-4-11(9-12)13-6-2-3-10-7-8-19-14(10)13/h1-6,9H,7-8H2. The lowest BCUT2D eigenvalue weighted by Crippen LogP contribution is -2.04. The van der Waals surface area contributed by atoms with Crippen molar-refractivity contribution >= 4 is 0 Å². The number of ether oxygens (including phenoxy) is 1. The van der Waals surface area contributed by atoms with Crippen LogP contribution in [0.4, 0.5) is 13.2 Å². The Bertz CT molecular complexity index is 617. The number of halogens is 3. The number of fused-ring (bicyclic) bond motifs is 1. The number of rotatable bonds is 1. The van der Waals surface area contributed by atoms with Gasteiger partial charge in [0, 0.05) is 12.0 Å². The molecule has 0 unspecified atom stereocenters. The molecular weight excluding hydrogens is 253 g/mol. The summed E-state index contributed by atoms with van der Waals surface area (Å²) in [6, 6.07) is 10.9. The van der Waals surface area contributed by atoms with Crippen molar-refractivity contribution in [1.82, 2.24) is 0 Å². The van der Waals surface area contributed by atoms with Gasteiger partial charge in [-0.05, 0) is 23.3 Å². The van der Waals surface area contributed by atoms with Gasteiger partial charge >= 0.3 is 6.18 Å². The molecule has 1 nitrogen and oxygen atoms in total. The first-order chi connectivity index (χ1) is 9.05. The van der Waals surface area contributed by atoms with E-state index >= 15 is 0 Å². The van der Waals surface area contributed by atoms with Crippen LogP contribution in [0.2, 0.25) is 0 Å². The zero-order valence-corrected chi connectivity index (χ0v) is 10.00. The second-order valence-electron chi connectivity index (χ2n) is 4.47. The van der Waals surface area contributed by atoms with Crippen molar-refractivity contribution in [3.63, 3.8) is 0 Å². The highest BCUT2D eigenvalue weighted by molar-refractivity contribution is 5.73. The molecule has 0 atom stereocenters. The molecule has 0 radical (unpaired) electrons.